The van der Waals surface area contributed by atoms with Crippen LogP contribution >= 0.6 is 11.8 Å². The average Bonchev–Trinajstić information content (AvgIpc) is 3.11. The van der Waals surface area contributed by atoms with Crippen LogP contribution in [0.4, 0.5) is 11.4 Å². The Kier molecular flexibility index (Phi) is 5.52. The molecule has 1 N–H and O–H groups in total. The Morgan fingerprint density at radius 1 is 1.12 bits per heavy atom. The lowest BCUT2D eigenvalue weighted by Gasteiger charge is -2.14. The van der Waals surface area contributed by atoms with Crippen LogP contribution in [0.1, 0.15) is 6.92 Å². The number of thioether (sulfide) groups is 1. The van der Waals surface area contributed by atoms with E-state index in [9.17, 15) is 4.79 Å². The van der Waals surface area contributed by atoms with E-state index < -0.39 is 0 Å². The number of hydrogen-bond acceptors (Lipinski definition) is 6. The standard InChI is InChI=1S/C18H20N6OS/c1-13(17(25)19-14-9-11-15(12-10-14)23(2)3)26-18-20-21-22-24(18)16-7-5-4-6-8-16/h4-13H,1-3H3,(H,19,25)/t13-/m0/s1. The van der Waals surface area contributed by atoms with Crippen molar-refractivity contribution in [2.24, 2.45) is 0 Å². The minimum Gasteiger partial charge on any atom is -0.378 e. The van der Waals surface area contributed by atoms with Crippen LogP contribution in [0.3, 0.4) is 0 Å². The number of aromatic nitrogens is 4. The molecule has 1 atom stereocenters. The van der Waals surface area contributed by atoms with E-state index in [1.54, 1.807) is 4.68 Å². The first-order chi connectivity index (χ1) is 12.5. The zero-order chi connectivity index (χ0) is 18.5. The fourth-order valence-electron chi connectivity index (χ4n) is 2.28. The van der Waals surface area contributed by atoms with E-state index in [0.717, 1.165) is 17.1 Å². The summed E-state index contributed by atoms with van der Waals surface area (Å²) in [5, 5.41) is 14.9. The van der Waals surface area contributed by atoms with Gasteiger partial charge in [-0.25, -0.2) is 0 Å². The first kappa shape index (κ1) is 17.9. The second kappa shape index (κ2) is 8.01. The van der Waals surface area contributed by atoms with Gasteiger partial charge >= 0.3 is 0 Å². The van der Waals surface area contributed by atoms with Crippen LogP contribution < -0.4 is 10.2 Å². The number of benzene rings is 2. The first-order valence-electron chi connectivity index (χ1n) is 8.13. The van der Waals surface area contributed by atoms with Gasteiger partial charge in [0.05, 0.1) is 10.9 Å². The number of rotatable bonds is 6. The third-order valence-corrected chi connectivity index (χ3v) is 4.78. The highest BCUT2D eigenvalue weighted by molar-refractivity contribution is 8.00. The maximum atomic E-state index is 12.5. The van der Waals surface area contributed by atoms with Gasteiger partial charge in [-0.3, -0.25) is 4.79 Å². The minimum atomic E-state index is -0.350. The number of para-hydroxylation sites is 1. The van der Waals surface area contributed by atoms with Gasteiger partial charge in [0.2, 0.25) is 11.1 Å². The Morgan fingerprint density at radius 2 is 1.81 bits per heavy atom. The second-order valence-corrected chi connectivity index (χ2v) is 7.21. The molecule has 0 spiro atoms. The summed E-state index contributed by atoms with van der Waals surface area (Å²) in [7, 11) is 3.95. The van der Waals surface area contributed by atoms with Crippen LogP contribution in [-0.2, 0) is 4.79 Å². The Bertz CT molecular complexity index is 863. The van der Waals surface area contributed by atoms with Crippen molar-refractivity contribution in [1.82, 2.24) is 20.2 Å². The van der Waals surface area contributed by atoms with Crippen molar-refractivity contribution in [3.8, 4) is 5.69 Å². The van der Waals surface area contributed by atoms with E-state index >= 15 is 0 Å². The van der Waals surface area contributed by atoms with Crippen LogP contribution in [-0.4, -0.2) is 45.5 Å². The molecule has 0 fully saturated rings. The van der Waals surface area contributed by atoms with Crippen molar-refractivity contribution in [3.05, 3.63) is 54.6 Å². The molecule has 0 unspecified atom stereocenters. The number of nitrogens with one attached hydrogen (secondary N) is 1. The SMILES string of the molecule is C[C@H](Sc1nnnn1-c1ccccc1)C(=O)Nc1ccc(N(C)C)cc1. The fourth-order valence-corrected chi connectivity index (χ4v) is 3.09. The average molecular weight is 368 g/mol. The van der Waals surface area contributed by atoms with Crippen molar-refractivity contribution in [2.75, 3.05) is 24.3 Å². The van der Waals surface area contributed by atoms with Gasteiger partial charge in [-0.2, -0.15) is 4.68 Å². The van der Waals surface area contributed by atoms with Gasteiger partial charge in [-0.15, -0.1) is 5.10 Å². The molecule has 2 aromatic carbocycles. The van der Waals surface area contributed by atoms with E-state index in [-0.39, 0.29) is 11.2 Å². The highest BCUT2D eigenvalue weighted by atomic mass is 32.2. The van der Waals surface area contributed by atoms with Gasteiger partial charge in [-0.05, 0) is 53.7 Å². The zero-order valence-corrected chi connectivity index (χ0v) is 15.6. The number of hydrogen-bond donors (Lipinski definition) is 1. The van der Waals surface area contributed by atoms with Crippen LogP contribution in [0.5, 0.6) is 0 Å². The van der Waals surface area contributed by atoms with Gasteiger partial charge in [0.15, 0.2) is 0 Å². The lowest BCUT2D eigenvalue weighted by Crippen LogP contribution is -2.23. The third kappa shape index (κ3) is 4.20. The van der Waals surface area contributed by atoms with E-state index in [1.165, 1.54) is 11.8 Å². The van der Waals surface area contributed by atoms with Crippen LogP contribution in [0.25, 0.3) is 5.69 Å². The predicted octanol–water partition coefficient (Wildman–Crippen LogP) is 2.85. The Hall–Kier alpha value is -2.87. The molecule has 3 rings (SSSR count). The molecule has 0 bridgehead atoms. The Balaban J connectivity index is 1.66. The number of tetrazole rings is 1. The predicted molar refractivity (Wildman–Crippen MR) is 104 cm³/mol. The van der Waals surface area contributed by atoms with Gasteiger partial charge in [0, 0.05) is 25.5 Å². The minimum absolute atomic E-state index is 0.102. The molecule has 1 heterocycles. The van der Waals surface area contributed by atoms with Crippen LogP contribution in [0, 0.1) is 0 Å². The summed E-state index contributed by atoms with van der Waals surface area (Å²) >= 11 is 1.31. The van der Waals surface area contributed by atoms with Crippen molar-refractivity contribution in [3.63, 3.8) is 0 Å². The molecule has 8 heteroatoms. The number of amides is 1. The van der Waals surface area contributed by atoms with E-state index in [1.807, 2.05) is 80.5 Å². The highest BCUT2D eigenvalue weighted by Gasteiger charge is 2.19. The summed E-state index contributed by atoms with van der Waals surface area (Å²) in [5.41, 5.74) is 2.69. The van der Waals surface area contributed by atoms with Crippen molar-refractivity contribution in [1.29, 1.82) is 0 Å². The van der Waals surface area contributed by atoms with Gasteiger partial charge in [0.1, 0.15) is 0 Å². The summed E-state index contributed by atoms with van der Waals surface area (Å²) < 4.78 is 1.63. The topological polar surface area (TPSA) is 75.9 Å². The second-order valence-electron chi connectivity index (χ2n) is 5.90. The van der Waals surface area contributed by atoms with Crippen LogP contribution in [0.2, 0.25) is 0 Å². The quantitative estimate of drug-likeness (QED) is 0.674. The number of carbonyl (C=O) groups is 1. The van der Waals surface area contributed by atoms with Crippen LogP contribution in [0.15, 0.2) is 59.8 Å². The lowest BCUT2D eigenvalue weighted by molar-refractivity contribution is -0.115. The smallest absolute Gasteiger partial charge is 0.237 e. The summed E-state index contributed by atoms with van der Waals surface area (Å²) in [6, 6.07) is 17.3. The molecular weight excluding hydrogens is 348 g/mol. The summed E-state index contributed by atoms with van der Waals surface area (Å²) in [6.45, 7) is 1.83. The number of anilines is 2. The van der Waals surface area contributed by atoms with Gasteiger partial charge in [0.25, 0.3) is 0 Å². The van der Waals surface area contributed by atoms with Crippen molar-refractivity contribution < 1.29 is 4.79 Å². The molecular formula is C18H20N6OS. The Labute approximate surface area is 156 Å². The number of carbonyl (C=O) groups excluding carboxylic acids is 1. The number of nitrogens with zero attached hydrogens (tertiary/aromatic N) is 5. The van der Waals surface area contributed by atoms with Crippen molar-refractivity contribution >= 4 is 29.0 Å². The molecule has 134 valence electrons. The maximum absolute atomic E-state index is 12.5. The van der Waals surface area contributed by atoms with E-state index in [4.69, 9.17) is 0 Å². The summed E-state index contributed by atoms with van der Waals surface area (Å²) in [6.07, 6.45) is 0. The zero-order valence-electron chi connectivity index (χ0n) is 14.8. The molecule has 26 heavy (non-hydrogen) atoms. The maximum Gasteiger partial charge on any atom is 0.237 e. The third-order valence-electron chi connectivity index (χ3n) is 3.74. The fraction of sp³-hybridized carbons (Fsp3) is 0.222. The lowest BCUT2D eigenvalue weighted by atomic mass is 10.2. The summed E-state index contributed by atoms with van der Waals surface area (Å²) in [4.78, 5) is 14.5. The molecule has 0 aliphatic rings. The normalized spacial score (nSPS) is 11.8. The molecule has 7 nitrogen and oxygen atoms in total. The van der Waals surface area contributed by atoms with E-state index in [0.29, 0.717) is 5.16 Å². The summed E-state index contributed by atoms with van der Waals surface area (Å²) in [5.74, 6) is -0.102. The van der Waals surface area contributed by atoms with Gasteiger partial charge < -0.3 is 10.2 Å². The molecule has 0 saturated heterocycles. The highest BCUT2D eigenvalue weighted by Crippen LogP contribution is 2.24. The molecule has 0 saturated carbocycles. The molecule has 1 amide bonds. The van der Waals surface area contributed by atoms with Crippen molar-refractivity contribution in [2.45, 2.75) is 17.3 Å². The molecule has 0 aliphatic carbocycles. The molecule has 1 aromatic heterocycles. The Morgan fingerprint density at radius 3 is 2.46 bits per heavy atom. The molecule has 0 aliphatic heterocycles. The first-order valence-corrected chi connectivity index (χ1v) is 9.01. The monoisotopic (exact) mass is 368 g/mol. The molecule has 0 radical (unpaired) electrons. The largest absolute Gasteiger partial charge is 0.378 e. The van der Waals surface area contributed by atoms with Gasteiger partial charge in [-0.1, -0.05) is 30.0 Å². The molecule has 3 aromatic rings. The van der Waals surface area contributed by atoms with E-state index in [2.05, 4.69) is 20.8 Å².